The van der Waals surface area contributed by atoms with Gasteiger partial charge in [0, 0.05) is 6.54 Å². The largest absolute Gasteiger partial charge is 0.213 e. The molecule has 0 aliphatic rings. The third kappa shape index (κ3) is 3.68. The lowest BCUT2D eigenvalue weighted by Crippen LogP contribution is -2.21. The van der Waals surface area contributed by atoms with Crippen LogP contribution in [0.15, 0.2) is 48.5 Å². The van der Waals surface area contributed by atoms with Crippen molar-refractivity contribution in [1.82, 2.24) is 4.72 Å². The van der Waals surface area contributed by atoms with E-state index in [2.05, 4.69) is 10.8 Å². The van der Waals surface area contributed by atoms with Crippen molar-refractivity contribution in [2.75, 3.05) is 6.26 Å². The molecule has 0 unspecified atom stereocenters. The Labute approximate surface area is 108 Å². The SMILES string of the molecule is CS(=O)(=O)NCc1cccc(-c2cc[c]cc2)c1. The topological polar surface area (TPSA) is 46.2 Å². The molecule has 0 bridgehead atoms. The van der Waals surface area contributed by atoms with Crippen molar-refractivity contribution in [3.63, 3.8) is 0 Å². The highest BCUT2D eigenvalue weighted by atomic mass is 32.2. The molecule has 0 fully saturated rings. The predicted octanol–water partition coefficient (Wildman–Crippen LogP) is 2.20. The minimum Gasteiger partial charge on any atom is -0.213 e. The Morgan fingerprint density at radius 3 is 2.50 bits per heavy atom. The highest BCUT2D eigenvalue weighted by Gasteiger charge is 2.02. The zero-order chi connectivity index (χ0) is 13.0. The molecule has 2 aromatic rings. The Morgan fingerprint density at radius 2 is 1.83 bits per heavy atom. The second kappa shape index (κ2) is 5.33. The van der Waals surface area contributed by atoms with Gasteiger partial charge in [0.15, 0.2) is 0 Å². The van der Waals surface area contributed by atoms with E-state index in [0.717, 1.165) is 22.9 Å². The predicted molar refractivity (Wildman–Crippen MR) is 72.4 cm³/mol. The van der Waals surface area contributed by atoms with Crippen LogP contribution in [0.3, 0.4) is 0 Å². The first-order chi connectivity index (χ1) is 8.54. The van der Waals surface area contributed by atoms with E-state index in [9.17, 15) is 8.42 Å². The summed E-state index contributed by atoms with van der Waals surface area (Å²) in [5, 5.41) is 0. The van der Waals surface area contributed by atoms with Gasteiger partial charge >= 0.3 is 0 Å². The Balaban J connectivity index is 2.21. The zero-order valence-electron chi connectivity index (χ0n) is 10.1. The summed E-state index contributed by atoms with van der Waals surface area (Å²) in [5.74, 6) is 0. The highest BCUT2D eigenvalue weighted by molar-refractivity contribution is 7.88. The first-order valence-electron chi connectivity index (χ1n) is 5.55. The lowest BCUT2D eigenvalue weighted by molar-refractivity contribution is 0.587. The van der Waals surface area contributed by atoms with Crippen LogP contribution in [0, 0.1) is 6.07 Å². The second-order valence-electron chi connectivity index (χ2n) is 4.08. The molecule has 0 atom stereocenters. The highest BCUT2D eigenvalue weighted by Crippen LogP contribution is 2.19. The van der Waals surface area contributed by atoms with Crippen LogP contribution in [-0.4, -0.2) is 14.7 Å². The lowest BCUT2D eigenvalue weighted by Gasteiger charge is -2.06. The number of rotatable bonds is 4. The fraction of sp³-hybridized carbons (Fsp3) is 0.143. The van der Waals surface area contributed by atoms with E-state index in [0.29, 0.717) is 6.54 Å². The van der Waals surface area contributed by atoms with Crippen LogP contribution in [0.2, 0.25) is 0 Å². The molecule has 1 radical (unpaired) electrons. The van der Waals surface area contributed by atoms with Gasteiger partial charge in [-0.05, 0) is 28.8 Å². The Kier molecular flexibility index (Phi) is 3.79. The second-order valence-corrected chi connectivity index (χ2v) is 5.92. The Hall–Kier alpha value is -1.65. The van der Waals surface area contributed by atoms with Gasteiger partial charge in [-0.15, -0.1) is 0 Å². The minimum atomic E-state index is -3.15. The van der Waals surface area contributed by atoms with Crippen LogP contribution < -0.4 is 4.72 Å². The van der Waals surface area contributed by atoms with E-state index in [1.807, 2.05) is 48.5 Å². The molecule has 2 rings (SSSR count). The van der Waals surface area contributed by atoms with Crippen LogP contribution in [0.4, 0.5) is 0 Å². The van der Waals surface area contributed by atoms with E-state index in [1.54, 1.807) is 0 Å². The van der Waals surface area contributed by atoms with Crippen LogP contribution >= 0.6 is 0 Å². The fourth-order valence-corrected chi connectivity index (χ4v) is 2.08. The summed E-state index contributed by atoms with van der Waals surface area (Å²) in [6.45, 7) is 0.311. The summed E-state index contributed by atoms with van der Waals surface area (Å²) in [4.78, 5) is 0. The van der Waals surface area contributed by atoms with Crippen LogP contribution in [0.5, 0.6) is 0 Å². The molecule has 3 nitrogen and oxygen atoms in total. The number of benzene rings is 2. The van der Waals surface area contributed by atoms with Gasteiger partial charge in [-0.25, -0.2) is 13.1 Å². The molecule has 0 aliphatic carbocycles. The van der Waals surface area contributed by atoms with Crippen molar-refractivity contribution in [2.45, 2.75) is 6.54 Å². The average molecular weight is 260 g/mol. The van der Waals surface area contributed by atoms with Crippen molar-refractivity contribution >= 4 is 10.0 Å². The lowest BCUT2D eigenvalue weighted by atomic mass is 10.0. The molecule has 2 aromatic carbocycles. The third-order valence-corrected chi connectivity index (χ3v) is 3.19. The van der Waals surface area contributed by atoms with Crippen LogP contribution in [0.25, 0.3) is 11.1 Å². The summed E-state index contributed by atoms with van der Waals surface area (Å²) in [5.41, 5.74) is 3.09. The summed E-state index contributed by atoms with van der Waals surface area (Å²) in [7, 11) is -3.15. The number of sulfonamides is 1. The Bertz CT molecular complexity index is 621. The summed E-state index contributed by atoms with van der Waals surface area (Å²) < 4.78 is 24.6. The molecule has 18 heavy (non-hydrogen) atoms. The third-order valence-electron chi connectivity index (χ3n) is 2.52. The zero-order valence-corrected chi connectivity index (χ0v) is 10.9. The molecule has 1 N–H and O–H groups in total. The maximum atomic E-state index is 11.0. The van der Waals surface area contributed by atoms with Gasteiger partial charge in [-0.1, -0.05) is 42.5 Å². The van der Waals surface area contributed by atoms with E-state index in [4.69, 9.17) is 0 Å². The summed E-state index contributed by atoms with van der Waals surface area (Å²) >= 11 is 0. The van der Waals surface area contributed by atoms with Gasteiger partial charge in [0.1, 0.15) is 0 Å². The van der Waals surface area contributed by atoms with Crippen molar-refractivity contribution in [3.8, 4) is 11.1 Å². The molecule has 4 heteroatoms. The van der Waals surface area contributed by atoms with Crippen molar-refractivity contribution in [2.24, 2.45) is 0 Å². The maximum absolute atomic E-state index is 11.0. The Morgan fingerprint density at radius 1 is 1.11 bits per heavy atom. The molecule has 0 aliphatic heterocycles. The van der Waals surface area contributed by atoms with E-state index < -0.39 is 10.0 Å². The normalized spacial score (nSPS) is 11.4. The van der Waals surface area contributed by atoms with Gasteiger partial charge in [0.05, 0.1) is 6.26 Å². The number of nitrogens with one attached hydrogen (secondary N) is 1. The molecule has 0 saturated carbocycles. The standard InChI is InChI=1S/C14H14NO2S/c1-18(16,17)15-11-12-6-5-9-14(10-12)13-7-3-2-4-8-13/h3-10,15H,11H2,1H3. The first kappa shape index (κ1) is 12.8. The first-order valence-corrected chi connectivity index (χ1v) is 7.44. The molecular formula is C14H14NO2S. The van der Waals surface area contributed by atoms with Gasteiger partial charge in [0.2, 0.25) is 10.0 Å². The van der Waals surface area contributed by atoms with Crippen LogP contribution in [-0.2, 0) is 16.6 Å². The van der Waals surface area contributed by atoms with E-state index in [-0.39, 0.29) is 0 Å². The molecule has 0 heterocycles. The molecule has 0 amide bonds. The van der Waals surface area contributed by atoms with Gasteiger partial charge in [0.25, 0.3) is 0 Å². The van der Waals surface area contributed by atoms with Gasteiger partial charge in [-0.3, -0.25) is 0 Å². The van der Waals surface area contributed by atoms with Crippen molar-refractivity contribution in [1.29, 1.82) is 0 Å². The quantitative estimate of drug-likeness (QED) is 0.916. The van der Waals surface area contributed by atoms with Crippen molar-refractivity contribution < 1.29 is 8.42 Å². The molecular weight excluding hydrogens is 246 g/mol. The molecule has 0 spiro atoms. The maximum Gasteiger partial charge on any atom is 0.209 e. The average Bonchev–Trinajstić information content (AvgIpc) is 2.37. The van der Waals surface area contributed by atoms with Crippen LogP contribution in [0.1, 0.15) is 5.56 Å². The number of hydrogen-bond donors (Lipinski definition) is 1. The molecule has 0 aromatic heterocycles. The monoisotopic (exact) mass is 260 g/mol. The summed E-state index contributed by atoms with van der Waals surface area (Å²) in [6.07, 6.45) is 1.16. The fourth-order valence-electron chi connectivity index (χ4n) is 1.65. The summed E-state index contributed by atoms with van der Waals surface area (Å²) in [6, 6.07) is 18.4. The van der Waals surface area contributed by atoms with E-state index in [1.165, 1.54) is 0 Å². The molecule has 0 saturated heterocycles. The van der Waals surface area contributed by atoms with E-state index >= 15 is 0 Å². The smallest absolute Gasteiger partial charge is 0.209 e. The van der Waals surface area contributed by atoms with Crippen molar-refractivity contribution in [3.05, 3.63) is 60.2 Å². The van der Waals surface area contributed by atoms with Gasteiger partial charge in [-0.2, -0.15) is 0 Å². The molecule has 93 valence electrons. The number of hydrogen-bond acceptors (Lipinski definition) is 2. The minimum absolute atomic E-state index is 0.311. The van der Waals surface area contributed by atoms with Gasteiger partial charge < -0.3 is 0 Å².